The Labute approximate surface area is 242 Å². The molecule has 6 heteroatoms. The van der Waals surface area contributed by atoms with Crippen LogP contribution in [0.3, 0.4) is 0 Å². The molecule has 3 aromatic carbocycles. The fourth-order valence-electron chi connectivity index (χ4n) is 5.77. The summed E-state index contributed by atoms with van der Waals surface area (Å²) in [5, 5.41) is 3.08. The van der Waals surface area contributed by atoms with Gasteiger partial charge in [-0.2, -0.15) is 0 Å². The summed E-state index contributed by atoms with van der Waals surface area (Å²) in [7, 11) is 2.29. The van der Waals surface area contributed by atoms with Gasteiger partial charge in [0.05, 0.1) is 36.8 Å². The van der Waals surface area contributed by atoms with Crippen molar-refractivity contribution in [2.24, 2.45) is 0 Å². The number of fused-ring (bicyclic) bond motifs is 1. The molecule has 1 fully saturated rings. The number of carbonyl (C=O) groups is 2. The van der Waals surface area contributed by atoms with Gasteiger partial charge < -0.3 is 15.1 Å². The van der Waals surface area contributed by atoms with Crippen LogP contribution < -0.4 is 15.1 Å². The Kier molecular flexibility index (Phi) is 9.40. The first kappa shape index (κ1) is 28.2. The minimum absolute atomic E-state index is 0.00708. The summed E-state index contributed by atoms with van der Waals surface area (Å²) in [6.07, 6.45) is 9.68. The molecular weight excluding hydrogens is 514 g/mol. The quantitative estimate of drug-likeness (QED) is 0.266. The van der Waals surface area contributed by atoms with Crippen LogP contribution in [0.5, 0.6) is 0 Å². The highest BCUT2D eigenvalue weighted by molar-refractivity contribution is 8.04. The zero-order chi connectivity index (χ0) is 27.9. The lowest BCUT2D eigenvalue weighted by Gasteiger charge is -2.30. The third-order valence-corrected chi connectivity index (χ3v) is 9.14. The summed E-state index contributed by atoms with van der Waals surface area (Å²) < 4.78 is 0. The largest absolute Gasteiger partial charge is 0.352 e. The van der Waals surface area contributed by atoms with E-state index in [1.54, 1.807) is 4.90 Å². The van der Waals surface area contributed by atoms with Crippen molar-refractivity contribution in [2.75, 3.05) is 25.0 Å². The SMILES string of the molecule is Cc1cccc(CN2C(=O)C(=Cc3ccc(C(=O)NCCC[NH+](C)C4CCCCC4)cc3)Sc3ccccc32)c1. The minimum Gasteiger partial charge on any atom is -0.352 e. The van der Waals surface area contributed by atoms with E-state index >= 15 is 0 Å². The maximum atomic E-state index is 13.6. The number of para-hydroxylation sites is 1. The average molecular weight is 555 g/mol. The molecule has 3 aromatic rings. The Balaban J connectivity index is 1.21. The number of nitrogens with zero attached hydrogens (tertiary/aromatic N) is 1. The third kappa shape index (κ3) is 7.04. The molecule has 2 aliphatic rings. The number of quaternary nitrogens is 1. The molecule has 0 spiro atoms. The molecular formula is C34H40N3O2S+. The summed E-state index contributed by atoms with van der Waals surface area (Å²) >= 11 is 1.50. The summed E-state index contributed by atoms with van der Waals surface area (Å²) in [6, 6.07) is 24.7. The molecule has 40 heavy (non-hydrogen) atoms. The summed E-state index contributed by atoms with van der Waals surface area (Å²) in [5.41, 5.74) is 4.77. The van der Waals surface area contributed by atoms with Gasteiger partial charge in [-0.05, 0) is 74.1 Å². The number of hydrogen-bond acceptors (Lipinski definition) is 3. The van der Waals surface area contributed by atoms with Crippen LogP contribution in [0, 0.1) is 6.92 Å². The standard InChI is InChI=1S/C34H39N3O2S/c1-25-10-8-11-27(22-25)24-37-30-14-6-7-15-31(30)40-32(34(37)39)23-26-16-18-28(19-17-26)33(38)35-20-9-21-36(2)29-12-4-3-5-13-29/h6-8,10-11,14-19,22-23,29H,3-5,9,12-13,20-21,24H2,1-2H3,(H,35,38)/p+1. The molecule has 208 valence electrons. The van der Waals surface area contributed by atoms with Crippen LogP contribution >= 0.6 is 11.8 Å². The lowest BCUT2D eigenvalue weighted by Crippen LogP contribution is -3.13. The van der Waals surface area contributed by atoms with E-state index in [0.29, 0.717) is 23.6 Å². The van der Waals surface area contributed by atoms with Crippen LogP contribution in [0.4, 0.5) is 5.69 Å². The van der Waals surface area contributed by atoms with Crippen LogP contribution in [0.25, 0.3) is 6.08 Å². The molecule has 0 bridgehead atoms. The van der Waals surface area contributed by atoms with Crippen molar-refractivity contribution in [3.05, 3.63) is 100.0 Å². The lowest BCUT2D eigenvalue weighted by molar-refractivity contribution is -0.907. The predicted octanol–water partition coefficient (Wildman–Crippen LogP) is 5.64. The number of aryl methyl sites for hydroxylation is 1. The molecule has 0 aromatic heterocycles. The van der Waals surface area contributed by atoms with Crippen LogP contribution in [0.2, 0.25) is 0 Å². The Morgan fingerprint density at radius 2 is 1.80 bits per heavy atom. The molecule has 1 aliphatic carbocycles. The summed E-state index contributed by atoms with van der Waals surface area (Å²) in [5.74, 6) is -0.0525. The number of hydrogen-bond donors (Lipinski definition) is 2. The smallest absolute Gasteiger partial charge is 0.265 e. The van der Waals surface area contributed by atoms with E-state index in [9.17, 15) is 9.59 Å². The van der Waals surface area contributed by atoms with E-state index in [2.05, 4.69) is 43.6 Å². The number of benzene rings is 3. The average Bonchev–Trinajstić information content (AvgIpc) is 2.98. The van der Waals surface area contributed by atoms with Crippen molar-refractivity contribution in [3.63, 3.8) is 0 Å². The number of amides is 2. The van der Waals surface area contributed by atoms with Crippen molar-refractivity contribution in [1.82, 2.24) is 5.32 Å². The van der Waals surface area contributed by atoms with Gasteiger partial charge in [0, 0.05) is 23.4 Å². The molecule has 5 rings (SSSR count). The van der Waals surface area contributed by atoms with E-state index < -0.39 is 0 Å². The zero-order valence-corrected chi connectivity index (χ0v) is 24.4. The minimum atomic E-state index is -0.0455. The number of rotatable bonds is 9. The second kappa shape index (κ2) is 13.3. The number of carbonyl (C=O) groups excluding carboxylic acids is 2. The number of thioether (sulfide) groups is 1. The lowest BCUT2D eigenvalue weighted by atomic mass is 9.94. The van der Waals surface area contributed by atoms with E-state index in [0.717, 1.165) is 40.7 Å². The summed E-state index contributed by atoms with van der Waals surface area (Å²) in [6.45, 7) is 4.37. The van der Waals surface area contributed by atoms with E-state index in [4.69, 9.17) is 0 Å². The Bertz CT molecular complexity index is 1360. The predicted molar refractivity (Wildman–Crippen MR) is 165 cm³/mol. The summed E-state index contributed by atoms with van der Waals surface area (Å²) in [4.78, 5) is 31.5. The van der Waals surface area contributed by atoms with Crippen molar-refractivity contribution in [1.29, 1.82) is 0 Å². The van der Waals surface area contributed by atoms with Gasteiger partial charge in [0.15, 0.2) is 0 Å². The van der Waals surface area contributed by atoms with Gasteiger partial charge in [-0.25, -0.2) is 0 Å². The monoisotopic (exact) mass is 554 g/mol. The second-order valence-electron chi connectivity index (χ2n) is 11.1. The first-order chi connectivity index (χ1) is 19.5. The molecule has 2 amide bonds. The van der Waals surface area contributed by atoms with Gasteiger partial charge >= 0.3 is 0 Å². The van der Waals surface area contributed by atoms with Crippen LogP contribution in [-0.4, -0.2) is 38.0 Å². The molecule has 1 unspecified atom stereocenters. The van der Waals surface area contributed by atoms with Crippen molar-refractivity contribution in [2.45, 2.75) is 62.9 Å². The van der Waals surface area contributed by atoms with E-state index in [-0.39, 0.29) is 11.8 Å². The van der Waals surface area contributed by atoms with Crippen LogP contribution in [0.1, 0.15) is 65.6 Å². The van der Waals surface area contributed by atoms with E-state index in [1.807, 2.05) is 59.5 Å². The zero-order valence-electron chi connectivity index (χ0n) is 23.6. The highest BCUT2D eigenvalue weighted by Crippen LogP contribution is 2.42. The Hall–Kier alpha value is -3.35. The maximum Gasteiger partial charge on any atom is 0.265 e. The first-order valence-corrected chi connectivity index (χ1v) is 15.4. The maximum absolute atomic E-state index is 13.6. The van der Waals surface area contributed by atoms with Gasteiger partial charge in [-0.15, -0.1) is 0 Å². The topological polar surface area (TPSA) is 53.9 Å². The first-order valence-electron chi connectivity index (χ1n) is 14.5. The normalized spacial score (nSPS) is 17.5. The molecule has 1 saturated carbocycles. The molecule has 1 heterocycles. The van der Waals surface area contributed by atoms with Crippen LogP contribution in [-0.2, 0) is 11.3 Å². The molecule has 5 nitrogen and oxygen atoms in total. The van der Waals surface area contributed by atoms with Gasteiger partial charge in [0.1, 0.15) is 0 Å². The molecule has 1 aliphatic heterocycles. The molecule has 0 saturated heterocycles. The third-order valence-electron chi connectivity index (χ3n) is 8.06. The Morgan fingerprint density at radius 3 is 2.58 bits per heavy atom. The highest BCUT2D eigenvalue weighted by Gasteiger charge is 2.29. The van der Waals surface area contributed by atoms with Crippen LogP contribution in [0.15, 0.2) is 82.6 Å². The number of anilines is 1. The van der Waals surface area contributed by atoms with Gasteiger partial charge in [-0.1, -0.05) is 72.3 Å². The van der Waals surface area contributed by atoms with E-state index in [1.165, 1.54) is 49.4 Å². The number of nitrogens with one attached hydrogen (secondary N) is 2. The highest BCUT2D eigenvalue weighted by atomic mass is 32.2. The van der Waals surface area contributed by atoms with Gasteiger partial charge in [0.25, 0.3) is 11.8 Å². The van der Waals surface area contributed by atoms with Crippen molar-refractivity contribution >= 4 is 35.3 Å². The Morgan fingerprint density at radius 1 is 1.02 bits per heavy atom. The molecule has 0 radical (unpaired) electrons. The van der Waals surface area contributed by atoms with Crippen molar-refractivity contribution < 1.29 is 14.5 Å². The van der Waals surface area contributed by atoms with Gasteiger partial charge in [0.2, 0.25) is 0 Å². The molecule has 1 atom stereocenters. The van der Waals surface area contributed by atoms with Crippen molar-refractivity contribution in [3.8, 4) is 0 Å². The fourth-order valence-corrected chi connectivity index (χ4v) is 6.82. The fraction of sp³-hybridized carbons (Fsp3) is 0.353. The molecule has 2 N–H and O–H groups in total. The second-order valence-corrected chi connectivity index (χ2v) is 12.2. The van der Waals surface area contributed by atoms with Gasteiger partial charge in [-0.3, -0.25) is 9.59 Å².